The Morgan fingerprint density at radius 2 is 1.83 bits per heavy atom. The molecule has 6 heteroatoms. The summed E-state index contributed by atoms with van der Waals surface area (Å²) < 4.78 is 5.34. The van der Waals surface area contributed by atoms with Crippen LogP contribution in [0.15, 0.2) is 36.7 Å². The number of aromatic nitrogens is 3. The Balaban J connectivity index is 1.47. The van der Waals surface area contributed by atoms with Crippen LogP contribution < -0.4 is 9.64 Å². The smallest absolute Gasteiger partial charge is 0.165 e. The highest BCUT2D eigenvalue weighted by Gasteiger charge is 2.46. The molecule has 150 valence electrons. The molecule has 2 fully saturated rings. The maximum Gasteiger partial charge on any atom is 0.165 e. The van der Waals surface area contributed by atoms with E-state index in [4.69, 9.17) is 9.72 Å². The number of pyridine rings is 1. The summed E-state index contributed by atoms with van der Waals surface area (Å²) >= 11 is 0. The van der Waals surface area contributed by atoms with Gasteiger partial charge in [0.05, 0.1) is 12.5 Å². The van der Waals surface area contributed by atoms with Crippen molar-refractivity contribution in [3.8, 4) is 5.75 Å². The first-order chi connectivity index (χ1) is 14.0. The quantitative estimate of drug-likeness (QED) is 0.684. The lowest BCUT2D eigenvalue weighted by Gasteiger charge is -2.27. The largest absolute Gasteiger partial charge is 0.497 e. The molecule has 0 amide bonds. The Morgan fingerprint density at radius 3 is 2.59 bits per heavy atom. The van der Waals surface area contributed by atoms with Crippen molar-refractivity contribution in [1.82, 2.24) is 19.9 Å². The number of likely N-dealkylation sites (tertiary alicyclic amines) is 1. The standard InChI is InChI=1S/C23H27N5O/c1-14-9-15(2)26-22-20(14)23(25-13-24-22)28-11-17-10-27(3)21(19(17)12-28)16-5-7-18(29-4)8-6-16/h5-9,13,17,19,21H,10-12H2,1-4H3/t17-,19+,21+/m0/s1. The molecule has 0 N–H and O–H groups in total. The minimum absolute atomic E-state index is 0.422. The van der Waals surface area contributed by atoms with Gasteiger partial charge in [0.15, 0.2) is 5.65 Å². The summed E-state index contributed by atoms with van der Waals surface area (Å²) in [7, 11) is 3.96. The van der Waals surface area contributed by atoms with E-state index in [1.807, 2.05) is 6.92 Å². The van der Waals surface area contributed by atoms with Gasteiger partial charge in [-0.25, -0.2) is 15.0 Å². The average Bonchev–Trinajstić information content (AvgIpc) is 3.24. The van der Waals surface area contributed by atoms with Crippen molar-refractivity contribution in [3.63, 3.8) is 0 Å². The highest BCUT2D eigenvalue weighted by molar-refractivity contribution is 5.90. The monoisotopic (exact) mass is 389 g/mol. The lowest BCUT2D eigenvalue weighted by atomic mass is 9.89. The Hall–Kier alpha value is -2.73. The van der Waals surface area contributed by atoms with Gasteiger partial charge in [-0.3, -0.25) is 4.90 Å². The van der Waals surface area contributed by atoms with Crippen LogP contribution in [0.4, 0.5) is 5.82 Å². The van der Waals surface area contributed by atoms with E-state index in [-0.39, 0.29) is 0 Å². The van der Waals surface area contributed by atoms with Crippen molar-refractivity contribution in [2.24, 2.45) is 11.8 Å². The fourth-order valence-electron chi connectivity index (χ4n) is 5.36. The zero-order valence-electron chi connectivity index (χ0n) is 17.5. The molecule has 3 atom stereocenters. The third-order valence-electron chi connectivity index (χ3n) is 6.56. The number of benzene rings is 1. The van der Waals surface area contributed by atoms with Gasteiger partial charge in [0.2, 0.25) is 0 Å². The fraction of sp³-hybridized carbons (Fsp3) is 0.435. The van der Waals surface area contributed by atoms with Crippen LogP contribution in [0.25, 0.3) is 11.0 Å². The molecule has 1 aromatic carbocycles. The van der Waals surface area contributed by atoms with Crippen molar-refractivity contribution in [3.05, 3.63) is 53.5 Å². The van der Waals surface area contributed by atoms with Gasteiger partial charge in [-0.2, -0.15) is 0 Å². The van der Waals surface area contributed by atoms with Crippen LogP contribution in [0.2, 0.25) is 0 Å². The van der Waals surface area contributed by atoms with Crippen LogP contribution in [0, 0.1) is 25.7 Å². The summed E-state index contributed by atoms with van der Waals surface area (Å²) in [5, 5.41) is 1.09. The molecule has 2 aliphatic heterocycles. The second-order valence-electron chi connectivity index (χ2n) is 8.46. The molecule has 5 rings (SSSR count). The number of nitrogens with zero attached hydrogens (tertiary/aromatic N) is 5. The molecular weight excluding hydrogens is 362 g/mol. The van der Waals surface area contributed by atoms with Crippen molar-refractivity contribution < 1.29 is 4.74 Å². The normalized spacial score (nSPS) is 24.3. The van der Waals surface area contributed by atoms with E-state index < -0.39 is 0 Å². The average molecular weight is 390 g/mol. The lowest BCUT2D eigenvalue weighted by molar-refractivity contribution is 0.279. The molecule has 3 aromatic rings. The number of hydrogen-bond donors (Lipinski definition) is 0. The third-order valence-corrected chi connectivity index (χ3v) is 6.56. The first-order valence-electron chi connectivity index (χ1n) is 10.2. The summed E-state index contributed by atoms with van der Waals surface area (Å²) in [6.07, 6.45) is 1.66. The number of rotatable bonds is 3. The maximum absolute atomic E-state index is 5.34. The van der Waals surface area contributed by atoms with Crippen LogP contribution in [-0.2, 0) is 0 Å². The molecule has 4 heterocycles. The van der Waals surface area contributed by atoms with Gasteiger partial charge in [-0.1, -0.05) is 12.1 Å². The van der Waals surface area contributed by atoms with Gasteiger partial charge in [0.25, 0.3) is 0 Å². The van der Waals surface area contributed by atoms with E-state index in [1.54, 1.807) is 13.4 Å². The SMILES string of the molecule is COc1ccc([C@@H]2[C@@H]3CN(c4ncnc5nc(C)cc(C)c45)C[C@@H]3CN2C)cc1. The second kappa shape index (κ2) is 6.95. The molecule has 0 saturated carbocycles. The Labute approximate surface area is 171 Å². The molecule has 0 bridgehead atoms. The topological polar surface area (TPSA) is 54.4 Å². The molecule has 0 radical (unpaired) electrons. The summed E-state index contributed by atoms with van der Waals surface area (Å²) in [6.45, 7) is 7.29. The van der Waals surface area contributed by atoms with Gasteiger partial charge in [-0.05, 0) is 56.1 Å². The molecule has 2 saturated heterocycles. The summed E-state index contributed by atoms with van der Waals surface area (Å²) in [5.74, 6) is 3.16. The Kier molecular flexibility index (Phi) is 4.39. The number of methoxy groups -OCH3 is 1. The summed E-state index contributed by atoms with van der Waals surface area (Å²) in [5.41, 5.74) is 4.36. The van der Waals surface area contributed by atoms with Crippen molar-refractivity contribution in [1.29, 1.82) is 0 Å². The summed E-state index contributed by atoms with van der Waals surface area (Å²) in [6, 6.07) is 11.1. The molecular formula is C23H27N5O. The number of fused-ring (bicyclic) bond motifs is 2. The molecule has 2 aromatic heterocycles. The van der Waals surface area contributed by atoms with Gasteiger partial charge >= 0.3 is 0 Å². The van der Waals surface area contributed by atoms with E-state index in [2.05, 4.69) is 64.1 Å². The maximum atomic E-state index is 5.34. The molecule has 0 aliphatic carbocycles. The van der Waals surface area contributed by atoms with Crippen molar-refractivity contribution >= 4 is 16.9 Å². The minimum Gasteiger partial charge on any atom is -0.497 e. The first-order valence-corrected chi connectivity index (χ1v) is 10.2. The number of aryl methyl sites for hydroxylation is 2. The first kappa shape index (κ1) is 18.3. The number of anilines is 1. The Bertz CT molecular complexity index is 1050. The van der Waals surface area contributed by atoms with E-state index in [0.29, 0.717) is 17.9 Å². The third kappa shape index (κ3) is 3.02. The van der Waals surface area contributed by atoms with Crippen LogP contribution in [0.3, 0.4) is 0 Å². The Morgan fingerprint density at radius 1 is 1.03 bits per heavy atom. The molecule has 29 heavy (non-hydrogen) atoms. The minimum atomic E-state index is 0.422. The van der Waals surface area contributed by atoms with E-state index in [9.17, 15) is 0 Å². The van der Waals surface area contributed by atoms with Crippen LogP contribution in [0.5, 0.6) is 5.75 Å². The van der Waals surface area contributed by atoms with Gasteiger partial charge in [0, 0.05) is 37.3 Å². The molecule has 0 unspecified atom stereocenters. The number of hydrogen-bond acceptors (Lipinski definition) is 6. The van der Waals surface area contributed by atoms with E-state index in [0.717, 1.165) is 47.9 Å². The van der Waals surface area contributed by atoms with E-state index in [1.165, 1.54) is 11.1 Å². The zero-order chi connectivity index (χ0) is 20.1. The zero-order valence-corrected chi connectivity index (χ0v) is 17.5. The van der Waals surface area contributed by atoms with Crippen molar-refractivity contribution in [2.75, 3.05) is 38.7 Å². The fourth-order valence-corrected chi connectivity index (χ4v) is 5.36. The van der Waals surface area contributed by atoms with Crippen LogP contribution in [-0.4, -0.2) is 53.6 Å². The molecule has 0 spiro atoms. The lowest BCUT2D eigenvalue weighted by Crippen LogP contribution is -2.29. The predicted molar refractivity (Wildman–Crippen MR) is 114 cm³/mol. The van der Waals surface area contributed by atoms with Gasteiger partial charge in [0.1, 0.15) is 17.9 Å². The van der Waals surface area contributed by atoms with Crippen LogP contribution in [0.1, 0.15) is 22.9 Å². The van der Waals surface area contributed by atoms with E-state index >= 15 is 0 Å². The van der Waals surface area contributed by atoms with Crippen LogP contribution >= 0.6 is 0 Å². The highest BCUT2D eigenvalue weighted by Crippen LogP contribution is 2.45. The van der Waals surface area contributed by atoms with Gasteiger partial charge < -0.3 is 9.64 Å². The highest BCUT2D eigenvalue weighted by atomic mass is 16.5. The summed E-state index contributed by atoms with van der Waals surface area (Å²) in [4.78, 5) is 18.7. The molecule has 2 aliphatic rings. The second-order valence-corrected chi connectivity index (χ2v) is 8.46. The molecule has 6 nitrogen and oxygen atoms in total. The predicted octanol–water partition coefficient (Wildman–Crippen LogP) is 3.39. The van der Waals surface area contributed by atoms with Gasteiger partial charge in [-0.15, -0.1) is 0 Å². The number of ether oxygens (including phenoxy) is 1. The van der Waals surface area contributed by atoms with Crippen molar-refractivity contribution in [2.45, 2.75) is 19.9 Å².